The highest BCUT2D eigenvalue weighted by Gasteiger charge is 2.24. The van der Waals surface area contributed by atoms with Gasteiger partial charge in [-0.2, -0.15) is 0 Å². The van der Waals surface area contributed by atoms with E-state index in [0.717, 1.165) is 29.8 Å². The lowest BCUT2D eigenvalue weighted by Crippen LogP contribution is -2.39. The topological polar surface area (TPSA) is 20.3 Å². The molecule has 1 aliphatic rings. The summed E-state index contributed by atoms with van der Waals surface area (Å²) in [6, 6.07) is 6.17. The lowest BCUT2D eigenvalue weighted by molar-refractivity contribution is 0.0842. The monoisotopic (exact) mass is 259 g/mol. The minimum atomic E-state index is 0.0126. The van der Waals surface area contributed by atoms with Crippen LogP contribution in [0.25, 0.3) is 0 Å². The van der Waals surface area contributed by atoms with Crippen LogP contribution in [0.4, 0.5) is 0 Å². The van der Waals surface area contributed by atoms with Gasteiger partial charge in [0.25, 0.3) is 0 Å². The van der Waals surface area contributed by atoms with Gasteiger partial charge < -0.3 is 0 Å². The first-order chi connectivity index (χ1) is 9.09. The van der Waals surface area contributed by atoms with Crippen molar-refractivity contribution in [2.45, 2.75) is 52.5 Å². The Morgan fingerprint density at radius 2 is 1.74 bits per heavy atom. The highest BCUT2D eigenvalue weighted by molar-refractivity contribution is 6.01. The first-order valence-corrected chi connectivity index (χ1v) is 7.45. The molecule has 104 valence electrons. The molecule has 2 nitrogen and oxygen atoms in total. The Bertz CT molecular complexity index is 445. The molecular formula is C17H25NO. The zero-order valence-electron chi connectivity index (χ0n) is 12.4. The van der Waals surface area contributed by atoms with Crippen molar-refractivity contribution >= 4 is 5.78 Å². The van der Waals surface area contributed by atoms with Crippen LogP contribution in [-0.2, 0) is 0 Å². The van der Waals surface area contributed by atoms with Gasteiger partial charge in [0.15, 0.2) is 5.78 Å². The van der Waals surface area contributed by atoms with E-state index in [1.165, 1.54) is 25.7 Å². The standard InChI is InChI=1S/C17H25NO/c1-13-8-9-14(2)16(12-13)17(19)15(3)18-10-6-4-5-7-11-18/h8-9,12,15H,4-7,10-11H2,1-3H3. The Labute approximate surface area is 116 Å². The summed E-state index contributed by atoms with van der Waals surface area (Å²) >= 11 is 0. The van der Waals surface area contributed by atoms with Gasteiger partial charge in [0.1, 0.15) is 0 Å². The first kappa shape index (κ1) is 14.3. The van der Waals surface area contributed by atoms with Gasteiger partial charge in [-0.05, 0) is 58.3 Å². The van der Waals surface area contributed by atoms with Gasteiger partial charge in [0, 0.05) is 5.56 Å². The van der Waals surface area contributed by atoms with Crippen molar-refractivity contribution in [2.75, 3.05) is 13.1 Å². The number of rotatable bonds is 3. The van der Waals surface area contributed by atoms with Crippen molar-refractivity contribution in [3.63, 3.8) is 0 Å². The number of benzene rings is 1. The quantitative estimate of drug-likeness (QED) is 0.771. The average molecular weight is 259 g/mol. The summed E-state index contributed by atoms with van der Waals surface area (Å²) in [6.07, 6.45) is 5.07. The number of nitrogens with zero attached hydrogens (tertiary/aromatic N) is 1. The molecule has 1 fully saturated rings. The second-order valence-corrected chi connectivity index (χ2v) is 5.81. The van der Waals surface area contributed by atoms with Crippen LogP contribution in [0.15, 0.2) is 18.2 Å². The number of carbonyl (C=O) groups excluding carboxylic acids is 1. The molecular weight excluding hydrogens is 234 g/mol. The van der Waals surface area contributed by atoms with Gasteiger partial charge in [-0.25, -0.2) is 0 Å². The molecule has 0 amide bonds. The number of carbonyl (C=O) groups is 1. The molecule has 1 unspecified atom stereocenters. The molecule has 1 aromatic rings. The van der Waals surface area contributed by atoms with Crippen LogP contribution in [0.5, 0.6) is 0 Å². The Kier molecular flexibility index (Phi) is 4.76. The molecule has 0 saturated carbocycles. The zero-order chi connectivity index (χ0) is 13.8. The normalized spacial score (nSPS) is 18.9. The van der Waals surface area contributed by atoms with Gasteiger partial charge >= 0.3 is 0 Å². The van der Waals surface area contributed by atoms with Gasteiger partial charge in [-0.3, -0.25) is 9.69 Å². The third-order valence-corrected chi connectivity index (χ3v) is 4.23. The minimum absolute atomic E-state index is 0.0126. The summed E-state index contributed by atoms with van der Waals surface area (Å²) in [6.45, 7) is 8.28. The largest absolute Gasteiger partial charge is 0.294 e. The van der Waals surface area contributed by atoms with E-state index in [9.17, 15) is 4.79 Å². The van der Waals surface area contributed by atoms with Crippen LogP contribution in [-0.4, -0.2) is 29.8 Å². The van der Waals surface area contributed by atoms with Crippen LogP contribution in [0.1, 0.15) is 54.1 Å². The molecule has 0 N–H and O–H groups in total. The first-order valence-electron chi connectivity index (χ1n) is 7.45. The maximum absolute atomic E-state index is 12.7. The van der Waals surface area contributed by atoms with Crippen molar-refractivity contribution in [1.82, 2.24) is 4.90 Å². The maximum atomic E-state index is 12.7. The Hall–Kier alpha value is -1.15. The van der Waals surface area contributed by atoms with Crippen molar-refractivity contribution in [3.8, 4) is 0 Å². The third kappa shape index (κ3) is 3.44. The van der Waals surface area contributed by atoms with Crippen LogP contribution < -0.4 is 0 Å². The van der Waals surface area contributed by atoms with Crippen molar-refractivity contribution in [2.24, 2.45) is 0 Å². The fourth-order valence-corrected chi connectivity index (χ4v) is 2.87. The molecule has 0 aromatic heterocycles. The molecule has 1 heterocycles. The average Bonchev–Trinajstić information content (AvgIpc) is 2.69. The van der Waals surface area contributed by atoms with E-state index in [4.69, 9.17) is 0 Å². The molecule has 1 aromatic carbocycles. The number of Topliss-reactive ketones (excluding diaryl/α,β-unsaturated/α-hetero) is 1. The second-order valence-electron chi connectivity index (χ2n) is 5.81. The predicted octanol–water partition coefficient (Wildman–Crippen LogP) is 3.75. The molecule has 2 heteroatoms. The van der Waals surface area contributed by atoms with Crippen molar-refractivity contribution in [3.05, 3.63) is 34.9 Å². The van der Waals surface area contributed by atoms with E-state index >= 15 is 0 Å². The molecule has 0 radical (unpaired) electrons. The van der Waals surface area contributed by atoms with Gasteiger partial charge in [-0.1, -0.05) is 30.5 Å². The molecule has 2 rings (SSSR count). The number of aryl methyl sites for hydroxylation is 2. The van der Waals surface area contributed by atoms with Crippen LogP contribution in [0.3, 0.4) is 0 Å². The molecule has 19 heavy (non-hydrogen) atoms. The SMILES string of the molecule is Cc1ccc(C)c(C(=O)C(C)N2CCCCCC2)c1. The van der Waals surface area contributed by atoms with Gasteiger partial charge in [-0.15, -0.1) is 0 Å². The summed E-state index contributed by atoms with van der Waals surface area (Å²) in [5.74, 6) is 0.281. The van der Waals surface area contributed by atoms with Crippen LogP contribution in [0, 0.1) is 13.8 Å². The number of likely N-dealkylation sites (tertiary alicyclic amines) is 1. The van der Waals surface area contributed by atoms with Crippen LogP contribution >= 0.6 is 0 Å². The summed E-state index contributed by atoms with van der Waals surface area (Å²) < 4.78 is 0. The highest BCUT2D eigenvalue weighted by atomic mass is 16.1. The predicted molar refractivity (Wildman–Crippen MR) is 79.7 cm³/mol. The molecule has 1 saturated heterocycles. The molecule has 0 aliphatic carbocycles. The fourth-order valence-electron chi connectivity index (χ4n) is 2.87. The number of ketones is 1. The third-order valence-electron chi connectivity index (χ3n) is 4.23. The van der Waals surface area contributed by atoms with E-state index in [-0.39, 0.29) is 11.8 Å². The molecule has 1 aliphatic heterocycles. The van der Waals surface area contributed by atoms with E-state index in [1.807, 2.05) is 19.9 Å². The number of hydrogen-bond donors (Lipinski definition) is 0. The summed E-state index contributed by atoms with van der Waals surface area (Å²) in [4.78, 5) is 15.0. The number of hydrogen-bond acceptors (Lipinski definition) is 2. The van der Waals surface area contributed by atoms with E-state index in [0.29, 0.717) is 0 Å². The Morgan fingerprint density at radius 1 is 1.11 bits per heavy atom. The van der Waals surface area contributed by atoms with E-state index < -0.39 is 0 Å². The molecule has 1 atom stereocenters. The lowest BCUT2D eigenvalue weighted by atomic mass is 9.97. The zero-order valence-corrected chi connectivity index (χ0v) is 12.4. The van der Waals surface area contributed by atoms with E-state index in [1.54, 1.807) is 0 Å². The molecule has 0 bridgehead atoms. The lowest BCUT2D eigenvalue weighted by Gasteiger charge is -2.27. The summed E-state index contributed by atoms with van der Waals surface area (Å²) in [7, 11) is 0. The fraction of sp³-hybridized carbons (Fsp3) is 0.588. The minimum Gasteiger partial charge on any atom is -0.294 e. The van der Waals surface area contributed by atoms with Crippen molar-refractivity contribution < 1.29 is 4.79 Å². The second kappa shape index (κ2) is 6.33. The summed E-state index contributed by atoms with van der Waals surface area (Å²) in [5.41, 5.74) is 3.16. The van der Waals surface area contributed by atoms with Gasteiger partial charge in [0.05, 0.1) is 6.04 Å². The summed E-state index contributed by atoms with van der Waals surface area (Å²) in [5, 5.41) is 0. The van der Waals surface area contributed by atoms with Crippen LogP contribution in [0.2, 0.25) is 0 Å². The Balaban J connectivity index is 2.15. The van der Waals surface area contributed by atoms with E-state index in [2.05, 4.69) is 24.0 Å². The Morgan fingerprint density at radius 3 is 2.37 bits per heavy atom. The highest BCUT2D eigenvalue weighted by Crippen LogP contribution is 2.18. The smallest absolute Gasteiger partial charge is 0.179 e. The van der Waals surface area contributed by atoms with Gasteiger partial charge in [0.2, 0.25) is 0 Å². The molecule has 0 spiro atoms. The van der Waals surface area contributed by atoms with Crippen molar-refractivity contribution in [1.29, 1.82) is 0 Å². The maximum Gasteiger partial charge on any atom is 0.179 e.